The summed E-state index contributed by atoms with van der Waals surface area (Å²) in [6.07, 6.45) is 5.37. The van der Waals surface area contributed by atoms with Crippen molar-refractivity contribution in [3.63, 3.8) is 0 Å². The molecule has 33 heavy (non-hydrogen) atoms. The maximum atomic E-state index is 12.6. The van der Waals surface area contributed by atoms with Gasteiger partial charge in [-0.2, -0.15) is 5.26 Å². The highest BCUT2D eigenvalue weighted by Gasteiger charge is 2.33. The van der Waals surface area contributed by atoms with E-state index < -0.39 is 23.9 Å². The Morgan fingerprint density at radius 3 is 2.24 bits per heavy atom. The third-order valence-corrected chi connectivity index (χ3v) is 6.92. The Balaban J connectivity index is 1.57. The van der Waals surface area contributed by atoms with Gasteiger partial charge < -0.3 is 19.5 Å². The number of anilines is 1. The van der Waals surface area contributed by atoms with Crippen molar-refractivity contribution in [3.05, 3.63) is 16.8 Å². The molecular formula is C25H36N4O4. The maximum absolute atomic E-state index is 12.6. The molecule has 1 saturated carbocycles. The quantitative estimate of drug-likeness (QED) is 0.678. The van der Waals surface area contributed by atoms with E-state index in [9.17, 15) is 19.6 Å². The predicted molar refractivity (Wildman–Crippen MR) is 124 cm³/mol. The molecule has 2 heterocycles. The van der Waals surface area contributed by atoms with Crippen LogP contribution >= 0.6 is 0 Å². The molecule has 0 aromatic carbocycles. The first kappa shape index (κ1) is 24.8. The van der Waals surface area contributed by atoms with E-state index in [0.717, 1.165) is 36.9 Å². The van der Waals surface area contributed by atoms with E-state index in [-0.39, 0.29) is 17.9 Å². The summed E-state index contributed by atoms with van der Waals surface area (Å²) in [5, 5.41) is 12.5. The van der Waals surface area contributed by atoms with Gasteiger partial charge in [0.2, 0.25) is 5.91 Å². The van der Waals surface area contributed by atoms with Crippen molar-refractivity contribution in [1.82, 2.24) is 9.47 Å². The van der Waals surface area contributed by atoms with E-state index in [0.29, 0.717) is 37.3 Å². The number of rotatable bonds is 5. The van der Waals surface area contributed by atoms with E-state index in [1.165, 1.54) is 0 Å². The third-order valence-electron chi connectivity index (χ3n) is 6.92. The maximum Gasteiger partial charge on any atom is 0.309 e. The van der Waals surface area contributed by atoms with Crippen LogP contribution in [0.25, 0.3) is 0 Å². The molecule has 0 unspecified atom stereocenters. The monoisotopic (exact) mass is 456 g/mol. The first-order valence-corrected chi connectivity index (χ1v) is 11.9. The second-order valence-electron chi connectivity index (χ2n) is 10.3. The molecule has 8 nitrogen and oxygen atoms in total. The van der Waals surface area contributed by atoms with Crippen molar-refractivity contribution in [1.29, 1.82) is 5.26 Å². The van der Waals surface area contributed by atoms with Gasteiger partial charge in [0.15, 0.2) is 6.61 Å². The van der Waals surface area contributed by atoms with Gasteiger partial charge in [0.05, 0.1) is 11.5 Å². The SMILES string of the molecule is Cc1c(C#N)c(NC(=O)COC(=O)C2CCN(C(=O)C(C)(C)C)CC2)n(C2CCCC2)c1C. The van der Waals surface area contributed by atoms with Crippen LogP contribution in [0.15, 0.2) is 0 Å². The van der Waals surface area contributed by atoms with E-state index in [4.69, 9.17) is 4.74 Å². The number of hydrogen-bond acceptors (Lipinski definition) is 5. The molecule has 1 aliphatic carbocycles. The van der Waals surface area contributed by atoms with Crippen LogP contribution in [0.1, 0.15) is 82.2 Å². The molecule has 1 aliphatic heterocycles. The van der Waals surface area contributed by atoms with Gasteiger partial charge in [-0.15, -0.1) is 0 Å². The number of esters is 1. The van der Waals surface area contributed by atoms with E-state index in [1.807, 2.05) is 34.6 Å². The highest BCUT2D eigenvalue weighted by molar-refractivity contribution is 5.94. The van der Waals surface area contributed by atoms with Crippen molar-refractivity contribution in [3.8, 4) is 6.07 Å². The highest BCUT2D eigenvalue weighted by Crippen LogP contribution is 2.37. The van der Waals surface area contributed by atoms with Crippen molar-refractivity contribution in [2.24, 2.45) is 11.3 Å². The Morgan fingerprint density at radius 2 is 1.70 bits per heavy atom. The van der Waals surface area contributed by atoms with Crippen LogP contribution in [0.2, 0.25) is 0 Å². The standard InChI is InChI=1S/C25H36N4O4/c1-16-17(2)29(19-8-6-7-9-19)22(20(16)14-26)27-21(30)15-33-23(31)18-10-12-28(13-11-18)24(32)25(3,4)5/h18-19H,6-13,15H2,1-5H3,(H,27,30). The first-order valence-electron chi connectivity index (χ1n) is 11.9. The Hall–Kier alpha value is -2.82. The zero-order valence-electron chi connectivity index (χ0n) is 20.5. The summed E-state index contributed by atoms with van der Waals surface area (Å²) in [7, 11) is 0. The Morgan fingerprint density at radius 1 is 1.09 bits per heavy atom. The lowest BCUT2D eigenvalue weighted by molar-refractivity contribution is -0.155. The summed E-state index contributed by atoms with van der Waals surface area (Å²) in [5.74, 6) is -0.584. The molecule has 1 aromatic heterocycles. The van der Waals surface area contributed by atoms with Crippen LogP contribution in [0, 0.1) is 36.5 Å². The fourth-order valence-electron chi connectivity index (χ4n) is 4.92. The van der Waals surface area contributed by atoms with Crippen LogP contribution in [0.4, 0.5) is 5.82 Å². The topological polar surface area (TPSA) is 104 Å². The van der Waals surface area contributed by atoms with Crippen LogP contribution in [-0.2, 0) is 19.1 Å². The molecule has 0 bridgehead atoms. The summed E-state index contributed by atoms with van der Waals surface area (Å²) in [5.41, 5.74) is 1.88. The van der Waals surface area contributed by atoms with Gasteiger partial charge in [-0.1, -0.05) is 33.6 Å². The minimum absolute atomic E-state index is 0.0813. The molecule has 1 aromatic rings. The van der Waals surface area contributed by atoms with Gasteiger partial charge in [-0.05, 0) is 45.1 Å². The summed E-state index contributed by atoms with van der Waals surface area (Å²) >= 11 is 0. The summed E-state index contributed by atoms with van der Waals surface area (Å²) in [6.45, 7) is 10.2. The average molecular weight is 457 g/mol. The second-order valence-corrected chi connectivity index (χ2v) is 10.3. The number of ether oxygens (including phenoxy) is 1. The molecule has 8 heteroatoms. The molecule has 1 N–H and O–H groups in total. The number of nitrogens with zero attached hydrogens (tertiary/aromatic N) is 3. The average Bonchev–Trinajstić information content (AvgIpc) is 3.38. The third kappa shape index (κ3) is 5.40. The number of nitriles is 1. The number of aromatic nitrogens is 1. The molecule has 0 spiro atoms. The zero-order chi connectivity index (χ0) is 24.3. The minimum atomic E-state index is -0.447. The predicted octanol–water partition coefficient (Wildman–Crippen LogP) is 3.86. The first-order chi connectivity index (χ1) is 15.5. The molecule has 2 amide bonds. The van der Waals surface area contributed by atoms with Gasteiger partial charge in [0.1, 0.15) is 11.9 Å². The second kappa shape index (κ2) is 9.98. The lowest BCUT2D eigenvalue weighted by atomic mass is 9.91. The van der Waals surface area contributed by atoms with E-state index in [1.54, 1.807) is 4.90 Å². The van der Waals surface area contributed by atoms with Crippen LogP contribution < -0.4 is 5.32 Å². The summed E-state index contributed by atoms with van der Waals surface area (Å²) in [6, 6.07) is 2.49. The Bertz CT molecular complexity index is 953. The zero-order valence-corrected chi connectivity index (χ0v) is 20.5. The molecule has 1 saturated heterocycles. The Labute approximate surface area is 196 Å². The molecule has 2 aliphatic rings. The largest absolute Gasteiger partial charge is 0.455 e. The van der Waals surface area contributed by atoms with Gasteiger partial charge in [0, 0.05) is 30.2 Å². The minimum Gasteiger partial charge on any atom is -0.455 e. The van der Waals surface area contributed by atoms with E-state index >= 15 is 0 Å². The van der Waals surface area contributed by atoms with Gasteiger partial charge >= 0.3 is 5.97 Å². The fourth-order valence-corrected chi connectivity index (χ4v) is 4.92. The fraction of sp³-hybridized carbons (Fsp3) is 0.680. The molecular weight excluding hydrogens is 420 g/mol. The van der Waals surface area contributed by atoms with Gasteiger partial charge in [-0.25, -0.2) is 0 Å². The van der Waals surface area contributed by atoms with Crippen molar-refractivity contribution >= 4 is 23.6 Å². The van der Waals surface area contributed by atoms with Crippen molar-refractivity contribution in [2.75, 3.05) is 25.0 Å². The molecule has 0 atom stereocenters. The van der Waals surface area contributed by atoms with Gasteiger partial charge in [0.25, 0.3) is 5.91 Å². The molecule has 2 fully saturated rings. The van der Waals surface area contributed by atoms with E-state index in [2.05, 4.69) is 16.0 Å². The number of carbonyl (C=O) groups is 3. The van der Waals surface area contributed by atoms with Crippen LogP contribution in [-0.4, -0.2) is 46.9 Å². The Kier molecular flexibility index (Phi) is 7.51. The summed E-state index contributed by atoms with van der Waals surface area (Å²) < 4.78 is 7.38. The number of hydrogen-bond donors (Lipinski definition) is 1. The number of nitrogens with one attached hydrogen (secondary N) is 1. The smallest absolute Gasteiger partial charge is 0.309 e. The van der Waals surface area contributed by atoms with Crippen molar-refractivity contribution < 1.29 is 19.1 Å². The number of piperidine rings is 1. The molecule has 180 valence electrons. The summed E-state index contributed by atoms with van der Waals surface area (Å²) in [4.78, 5) is 39.4. The van der Waals surface area contributed by atoms with Crippen LogP contribution in [0.3, 0.4) is 0 Å². The normalized spacial score (nSPS) is 17.6. The molecule has 0 radical (unpaired) electrons. The lowest BCUT2D eigenvalue weighted by Crippen LogP contribution is -2.45. The highest BCUT2D eigenvalue weighted by atomic mass is 16.5. The number of carbonyl (C=O) groups excluding carboxylic acids is 3. The van der Waals surface area contributed by atoms with Crippen LogP contribution in [0.5, 0.6) is 0 Å². The van der Waals surface area contributed by atoms with Crippen molar-refractivity contribution in [2.45, 2.75) is 79.2 Å². The van der Waals surface area contributed by atoms with Gasteiger partial charge in [-0.3, -0.25) is 14.4 Å². The number of amides is 2. The number of likely N-dealkylation sites (tertiary alicyclic amines) is 1. The molecule has 3 rings (SSSR count). The lowest BCUT2D eigenvalue weighted by Gasteiger charge is -2.34.